The first-order chi connectivity index (χ1) is 17.8. The van der Waals surface area contributed by atoms with Crippen LogP contribution >= 0.6 is 0 Å². The second kappa shape index (κ2) is 13.3. The third-order valence-corrected chi connectivity index (χ3v) is 5.67. The van der Waals surface area contributed by atoms with E-state index in [0.717, 1.165) is 32.4 Å². The Morgan fingerprint density at radius 1 is 0.892 bits per heavy atom. The van der Waals surface area contributed by atoms with Gasteiger partial charge in [0.2, 0.25) is 5.91 Å². The van der Waals surface area contributed by atoms with Crippen LogP contribution in [-0.2, 0) is 19.1 Å². The van der Waals surface area contributed by atoms with Crippen LogP contribution in [0.25, 0.3) is 0 Å². The van der Waals surface area contributed by atoms with E-state index in [9.17, 15) is 19.2 Å². The van der Waals surface area contributed by atoms with Crippen molar-refractivity contribution in [2.45, 2.75) is 46.1 Å². The summed E-state index contributed by atoms with van der Waals surface area (Å²) in [6, 6.07) is 11.1. The van der Waals surface area contributed by atoms with Crippen LogP contribution in [0.1, 0.15) is 50.4 Å². The lowest BCUT2D eigenvalue weighted by molar-refractivity contribution is -0.134. The van der Waals surface area contributed by atoms with Crippen LogP contribution < -0.4 is 20.1 Å². The summed E-state index contributed by atoms with van der Waals surface area (Å²) in [6.07, 6.45) is 2.04. The second-order valence-electron chi connectivity index (χ2n) is 8.62. The number of nitrogens with zero attached hydrogens (tertiary/aromatic N) is 1. The fourth-order valence-corrected chi connectivity index (χ4v) is 3.76. The Morgan fingerprint density at radius 3 is 2.16 bits per heavy atom. The molecule has 1 atom stereocenters. The van der Waals surface area contributed by atoms with E-state index in [1.807, 2.05) is 0 Å². The molecule has 37 heavy (non-hydrogen) atoms. The summed E-state index contributed by atoms with van der Waals surface area (Å²) in [5, 5.41) is 5.30. The maximum absolute atomic E-state index is 12.7. The molecule has 1 aliphatic rings. The van der Waals surface area contributed by atoms with Gasteiger partial charge in [0.1, 0.15) is 0 Å². The van der Waals surface area contributed by atoms with E-state index in [-0.39, 0.29) is 24.0 Å². The second-order valence-corrected chi connectivity index (χ2v) is 8.62. The van der Waals surface area contributed by atoms with Crippen LogP contribution in [0.15, 0.2) is 42.5 Å². The number of nitrogens with one attached hydrogen (secondary N) is 2. The van der Waals surface area contributed by atoms with E-state index in [4.69, 9.17) is 14.2 Å². The molecule has 10 nitrogen and oxygen atoms in total. The number of piperidine rings is 1. The molecule has 0 unspecified atom stereocenters. The van der Waals surface area contributed by atoms with Crippen molar-refractivity contribution in [1.29, 1.82) is 0 Å². The molecule has 0 bridgehead atoms. The number of anilines is 2. The molecule has 1 saturated heterocycles. The first-order valence-electron chi connectivity index (χ1n) is 12.3. The van der Waals surface area contributed by atoms with Crippen molar-refractivity contribution in [2.75, 3.05) is 36.9 Å². The van der Waals surface area contributed by atoms with Gasteiger partial charge in [0, 0.05) is 31.4 Å². The van der Waals surface area contributed by atoms with Crippen molar-refractivity contribution in [3.05, 3.63) is 48.0 Å². The normalized spacial score (nSPS) is 13.8. The van der Waals surface area contributed by atoms with Crippen LogP contribution in [-0.4, -0.2) is 61.0 Å². The van der Waals surface area contributed by atoms with Gasteiger partial charge in [-0.3, -0.25) is 14.4 Å². The number of amides is 3. The predicted molar refractivity (Wildman–Crippen MR) is 138 cm³/mol. The van der Waals surface area contributed by atoms with Crippen LogP contribution in [0, 0.1) is 0 Å². The number of ether oxygens (including phenoxy) is 3. The van der Waals surface area contributed by atoms with Gasteiger partial charge in [-0.05, 0) is 75.6 Å². The number of hydrogen-bond acceptors (Lipinski definition) is 7. The van der Waals surface area contributed by atoms with Crippen molar-refractivity contribution in [3.63, 3.8) is 0 Å². The standard InChI is InChI=1S/C27H33N3O7/c1-4-35-24-16-20(8-13-23(24)36-17-25(32)30-14-6-5-7-15-30)27(34)37-18(2)26(33)29-22-11-9-21(10-12-22)28-19(3)31/h8-13,16,18H,4-7,14-15,17H2,1-3H3,(H,28,31)(H,29,33)/t18-/m1/s1. The average molecular weight is 512 g/mol. The van der Waals surface area contributed by atoms with E-state index >= 15 is 0 Å². The molecule has 0 saturated carbocycles. The zero-order valence-electron chi connectivity index (χ0n) is 21.4. The number of likely N-dealkylation sites (tertiary alicyclic amines) is 1. The van der Waals surface area contributed by atoms with E-state index in [1.165, 1.54) is 26.0 Å². The number of esters is 1. The highest BCUT2D eigenvalue weighted by Crippen LogP contribution is 2.29. The van der Waals surface area contributed by atoms with Crippen LogP contribution in [0.3, 0.4) is 0 Å². The SMILES string of the molecule is CCOc1cc(C(=O)O[C@H](C)C(=O)Nc2ccc(NC(C)=O)cc2)ccc1OCC(=O)N1CCCCC1. The minimum Gasteiger partial charge on any atom is -0.490 e. The lowest BCUT2D eigenvalue weighted by atomic mass is 10.1. The molecular formula is C27H33N3O7. The number of rotatable bonds is 10. The van der Waals surface area contributed by atoms with Gasteiger partial charge >= 0.3 is 5.97 Å². The fourth-order valence-electron chi connectivity index (χ4n) is 3.76. The Hall–Kier alpha value is -4.08. The minimum absolute atomic E-state index is 0.0878. The van der Waals surface area contributed by atoms with Crippen molar-refractivity contribution in [2.24, 2.45) is 0 Å². The maximum Gasteiger partial charge on any atom is 0.339 e. The van der Waals surface area contributed by atoms with Gasteiger partial charge in [-0.25, -0.2) is 4.79 Å². The lowest BCUT2D eigenvalue weighted by Gasteiger charge is -2.26. The topological polar surface area (TPSA) is 123 Å². The third kappa shape index (κ3) is 8.23. The molecule has 2 N–H and O–H groups in total. The monoisotopic (exact) mass is 511 g/mol. The highest BCUT2D eigenvalue weighted by atomic mass is 16.5. The summed E-state index contributed by atoms with van der Waals surface area (Å²) < 4.78 is 16.6. The molecule has 0 aromatic heterocycles. The number of benzene rings is 2. The summed E-state index contributed by atoms with van der Waals surface area (Å²) in [5.41, 5.74) is 1.26. The van der Waals surface area contributed by atoms with Crippen molar-refractivity contribution < 1.29 is 33.4 Å². The molecule has 10 heteroatoms. The molecule has 1 heterocycles. The number of hydrogen-bond donors (Lipinski definition) is 2. The zero-order valence-corrected chi connectivity index (χ0v) is 21.4. The Balaban J connectivity index is 1.57. The zero-order chi connectivity index (χ0) is 26.8. The molecule has 1 aliphatic heterocycles. The fraction of sp³-hybridized carbons (Fsp3) is 0.407. The van der Waals surface area contributed by atoms with E-state index in [2.05, 4.69) is 10.6 Å². The van der Waals surface area contributed by atoms with E-state index < -0.39 is 18.0 Å². The summed E-state index contributed by atoms with van der Waals surface area (Å²) in [4.78, 5) is 50.5. The van der Waals surface area contributed by atoms with E-state index in [1.54, 1.807) is 42.2 Å². The molecule has 0 spiro atoms. The summed E-state index contributed by atoms with van der Waals surface area (Å²) in [7, 11) is 0. The van der Waals surface area contributed by atoms with Gasteiger partial charge in [0.15, 0.2) is 24.2 Å². The molecule has 2 aromatic rings. The Labute approximate surface area is 216 Å². The largest absolute Gasteiger partial charge is 0.490 e. The van der Waals surface area contributed by atoms with Gasteiger partial charge in [0.05, 0.1) is 12.2 Å². The van der Waals surface area contributed by atoms with Gasteiger partial charge in [-0.2, -0.15) is 0 Å². The first kappa shape index (κ1) is 27.5. The molecule has 3 rings (SSSR count). The predicted octanol–water partition coefficient (Wildman–Crippen LogP) is 3.62. The number of carbonyl (C=O) groups is 4. The Kier molecular flexibility index (Phi) is 9.88. The van der Waals surface area contributed by atoms with Crippen LogP contribution in [0.5, 0.6) is 11.5 Å². The quantitative estimate of drug-likeness (QED) is 0.467. The van der Waals surface area contributed by atoms with Gasteiger partial charge in [0.25, 0.3) is 11.8 Å². The number of carbonyl (C=O) groups excluding carboxylic acids is 4. The smallest absolute Gasteiger partial charge is 0.339 e. The molecular weight excluding hydrogens is 478 g/mol. The van der Waals surface area contributed by atoms with Gasteiger partial charge in [-0.1, -0.05) is 0 Å². The average Bonchev–Trinajstić information content (AvgIpc) is 2.89. The first-order valence-corrected chi connectivity index (χ1v) is 12.3. The van der Waals surface area contributed by atoms with Crippen molar-refractivity contribution >= 4 is 35.1 Å². The molecule has 1 fully saturated rings. The Bertz CT molecular complexity index is 1110. The van der Waals surface area contributed by atoms with Crippen LogP contribution in [0.4, 0.5) is 11.4 Å². The van der Waals surface area contributed by atoms with Crippen LogP contribution in [0.2, 0.25) is 0 Å². The third-order valence-electron chi connectivity index (χ3n) is 5.67. The minimum atomic E-state index is -1.07. The summed E-state index contributed by atoms with van der Waals surface area (Å²) in [5.74, 6) is -0.856. The molecule has 2 aromatic carbocycles. The summed E-state index contributed by atoms with van der Waals surface area (Å²) >= 11 is 0. The summed E-state index contributed by atoms with van der Waals surface area (Å²) in [6.45, 7) is 6.34. The van der Waals surface area contributed by atoms with Gasteiger partial charge < -0.3 is 29.7 Å². The Morgan fingerprint density at radius 2 is 1.54 bits per heavy atom. The van der Waals surface area contributed by atoms with E-state index in [0.29, 0.717) is 29.5 Å². The highest BCUT2D eigenvalue weighted by molar-refractivity contribution is 5.98. The van der Waals surface area contributed by atoms with Gasteiger partial charge in [-0.15, -0.1) is 0 Å². The maximum atomic E-state index is 12.7. The van der Waals surface area contributed by atoms with Crippen molar-refractivity contribution in [1.82, 2.24) is 4.90 Å². The molecule has 0 radical (unpaired) electrons. The molecule has 0 aliphatic carbocycles. The molecule has 198 valence electrons. The van der Waals surface area contributed by atoms with Crippen molar-refractivity contribution in [3.8, 4) is 11.5 Å². The molecule has 3 amide bonds. The lowest BCUT2D eigenvalue weighted by Crippen LogP contribution is -2.38. The highest BCUT2D eigenvalue weighted by Gasteiger charge is 2.22.